The van der Waals surface area contributed by atoms with E-state index < -0.39 is 15.6 Å². The summed E-state index contributed by atoms with van der Waals surface area (Å²) in [7, 11) is -1.67. The molecule has 1 saturated carbocycles. The average molecular weight is 487 g/mol. The Morgan fingerprint density at radius 2 is 1.76 bits per heavy atom. The van der Waals surface area contributed by atoms with E-state index in [1.54, 1.807) is 6.08 Å². The van der Waals surface area contributed by atoms with Crippen molar-refractivity contribution in [1.82, 2.24) is 14.9 Å². The summed E-state index contributed by atoms with van der Waals surface area (Å²) in [4.78, 5) is 17.7. The Labute approximate surface area is 204 Å². The lowest BCUT2D eigenvalue weighted by molar-refractivity contribution is -0.124. The number of amides is 1. The number of carbonyl (C=O) groups excluding carboxylic acids is 1. The SMILES string of the molecule is CNCc1cc(C)c(C=CS(=O)(=O)N2CCC3(CC2)N=C(C2CCC(C)CC2)NC3=O)c(C)c1. The predicted octanol–water partition coefficient (Wildman–Crippen LogP) is 3.51. The Balaban J connectivity index is 1.43. The summed E-state index contributed by atoms with van der Waals surface area (Å²) in [5, 5.41) is 7.51. The molecule has 0 bridgehead atoms. The van der Waals surface area contributed by atoms with Crippen LogP contribution in [-0.2, 0) is 21.4 Å². The highest BCUT2D eigenvalue weighted by Gasteiger charge is 2.48. The molecule has 2 heterocycles. The topological polar surface area (TPSA) is 90.9 Å². The molecular weight excluding hydrogens is 448 g/mol. The van der Waals surface area contributed by atoms with Crippen molar-refractivity contribution in [3.8, 4) is 0 Å². The van der Waals surface area contributed by atoms with Gasteiger partial charge in [-0.2, -0.15) is 4.31 Å². The van der Waals surface area contributed by atoms with Crippen LogP contribution in [0, 0.1) is 25.7 Å². The third kappa shape index (κ3) is 5.14. The van der Waals surface area contributed by atoms with E-state index in [2.05, 4.69) is 29.7 Å². The highest BCUT2D eigenvalue weighted by atomic mass is 32.2. The first kappa shape index (κ1) is 25.1. The van der Waals surface area contributed by atoms with Gasteiger partial charge in [0, 0.05) is 31.0 Å². The quantitative estimate of drug-likeness (QED) is 0.644. The van der Waals surface area contributed by atoms with Crippen molar-refractivity contribution in [3.05, 3.63) is 39.8 Å². The zero-order valence-corrected chi connectivity index (χ0v) is 21.7. The van der Waals surface area contributed by atoms with Gasteiger partial charge in [-0.05, 0) is 80.8 Å². The van der Waals surface area contributed by atoms with Crippen LogP contribution in [0.2, 0.25) is 0 Å². The second-order valence-electron chi connectivity index (χ2n) is 10.4. The minimum Gasteiger partial charge on any atom is -0.316 e. The van der Waals surface area contributed by atoms with Gasteiger partial charge in [-0.1, -0.05) is 31.9 Å². The van der Waals surface area contributed by atoms with Crippen molar-refractivity contribution in [2.24, 2.45) is 16.8 Å². The largest absolute Gasteiger partial charge is 0.316 e. The van der Waals surface area contributed by atoms with Crippen molar-refractivity contribution in [1.29, 1.82) is 0 Å². The van der Waals surface area contributed by atoms with Crippen molar-refractivity contribution >= 4 is 27.8 Å². The number of rotatable bonds is 6. The molecule has 7 nitrogen and oxygen atoms in total. The molecule has 3 aliphatic rings. The van der Waals surface area contributed by atoms with Crippen LogP contribution < -0.4 is 10.6 Å². The molecule has 0 aromatic heterocycles. The summed E-state index contributed by atoms with van der Waals surface area (Å²) in [6, 6.07) is 4.17. The lowest BCUT2D eigenvalue weighted by Gasteiger charge is -2.34. The summed E-state index contributed by atoms with van der Waals surface area (Å²) < 4.78 is 27.6. The molecule has 4 rings (SSSR count). The van der Waals surface area contributed by atoms with Gasteiger partial charge in [-0.25, -0.2) is 8.42 Å². The van der Waals surface area contributed by atoms with E-state index in [-0.39, 0.29) is 5.91 Å². The molecule has 186 valence electrons. The van der Waals surface area contributed by atoms with Crippen LogP contribution in [0.1, 0.15) is 67.7 Å². The summed E-state index contributed by atoms with van der Waals surface area (Å²) in [6.45, 7) is 7.67. The molecule has 1 aliphatic carbocycles. The molecule has 1 aromatic carbocycles. The van der Waals surface area contributed by atoms with Crippen molar-refractivity contribution in [2.45, 2.75) is 71.4 Å². The fourth-order valence-corrected chi connectivity index (χ4v) is 6.76. The summed E-state index contributed by atoms with van der Waals surface area (Å²) >= 11 is 0. The number of piperidine rings is 1. The number of hydrogen-bond acceptors (Lipinski definition) is 5. The second-order valence-corrected chi connectivity index (χ2v) is 12.2. The van der Waals surface area contributed by atoms with Gasteiger partial charge in [0.2, 0.25) is 10.0 Å². The fourth-order valence-electron chi connectivity index (χ4n) is 5.59. The van der Waals surface area contributed by atoms with Gasteiger partial charge in [0.25, 0.3) is 5.91 Å². The molecule has 2 N–H and O–H groups in total. The molecule has 0 radical (unpaired) electrons. The Morgan fingerprint density at radius 1 is 1.15 bits per heavy atom. The van der Waals surface area contributed by atoms with E-state index in [0.29, 0.717) is 31.8 Å². The van der Waals surface area contributed by atoms with Crippen molar-refractivity contribution < 1.29 is 13.2 Å². The lowest BCUT2D eigenvalue weighted by Crippen LogP contribution is -2.50. The standard InChI is InChI=1S/C26H38N4O3S/c1-18-5-7-22(8-6-18)24-28-25(31)26(29-24)10-12-30(13-11-26)34(32,33)14-9-23-19(2)15-21(17-27-4)16-20(23)3/h9,14-16,18,22,27H,5-8,10-13,17H2,1-4H3,(H,28,29,31). The minimum atomic E-state index is -3.58. The highest BCUT2D eigenvalue weighted by Crippen LogP contribution is 2.36. The maximum absolute atomic E-state index is 13.1. The van der Waals surface area contributed by atoms with Crippen LogP contribution in [0.3, 0.4) is 0 Å². The summed E-state index contributed by atoms with van der Waals surface area (Å²) in [5.74, 6) is 1.85. The van der Waals surface area contributed by atoms with E-state index >= 15 is 0 Å². The van der Waals surface area contributed by atoms with E-state index in [9.17, 15) is 13.2 Å². The fraction of sp³-hybridized carbons (Fsp3) is 0.615. The first-order chi connectivity index (χ1) is 16.1. The Hall–Kier alpha value is -2.03. The molecule has 0 unspecified atom stereocenters. The van der Waals surface area contributed by atoms with Crippen LogP contribution in [0.5, 0.6) is 0 Å². The maximum Gasteiger partial charge on any atom is 0.253 e. The van der Waals surface area contributed by atoms with Crippen molar-refractivity contribution in [3.63, 3.8) is 0 Å². The number of benzene rings is 1. The lowest BCUT2D eigenvalue weighted by atomic mass is 9.82. The molecule has 1 spiro atoms. The number of aryl methyl sites for hydroxylation is 2. The molecule has 34 heavy (non-hydrogen) atoms. The number of amidine groups is 1. The van der Waals surface area contributed by atoms with Crippen molar-refractivity contribution in [2.75, 3.05) is 20.1 Å². The second kappa shape index (κ2) is 9.91. The van der Waals surface area contributed by atoms with E-state index in [1.165, 1.54) is 28.1 Å². The smallest absolute Gasteiger partial charge is 0.253 e. The zero-order valence-electron chi connectivity index (χ0n) is 20.9. The number of nitrogens with one attached hydrogen (secondary N) is 2. The predicted molar refractivity (Wildman–Crippen MR) is 137 cm³/mol. The van der Waals surface area contributed by atoms with Crippen LogP contribution in [0.25, 0.3) is 6.08 Å². The number of aliphatic imine (C=N–C) groups is 1. The van der Waals surface area contributed by atoms with E-state index in [4.69, 9.17) is 4.99 Å². The zero-order chi connectivity index (χ0) is 24.5. The van der Waals surface area contributed by atoms with Gasteiger partial charge in [0.05, 0.1) is 0 Å². The molecule has 0 atom stereocenters. The Bertz CT molecular complexity index is 1070. The third-order valence-electron chi connectivity index (χ3n) is 7.75. The van der Waals surface area contributed by atoms with E-state index in [1.807, 2.05) is 20.9 Å². The average Bonchev–Trinajstić information content (AvgIpc) is 3.09. The number of nitrogens with zero attached hydrogens (tertiary/aromatic N) is 2. The van der Waals surface area contributed by atoms with Crippen LogP contribution in [0.4, 0.5) is 0 Å². The van der Waals surface area contributed by atoms with Gasteiger partial charge in [-0.15, -0.1) is 0 Å². The summed E-state index contributed by atoms with van der Waals surface area (Å²) in [6.07, 6.45) is 7.03. The molecule has 1 saturated heterocycles. The molecule has 8 heteroatoms. The molecular formula is C26H38N4O3S. The van der Waals surface area contributed by atoms with Crippen LogP contribution in [0.15, 0.2) is 22.5 Å². The van der Waals surface area contributed by atoms with Gasteiger partial charge in [-0.3, -0.25) is 9.79 Å². The highest BCUT2D eigenvalue weighted by molar-refractivity contribution is 7.92. The van der Waals surface area contributed by atoms with Crippen LogP contribution in [-0.4, -0.2) is 50.1 Å². The van der Waals surface area contributed by atoms with Gasteiger partial charge in [0.15, 0.2) is 0 Å². The first-order valence-corrected chi connectivity index (χ1v) is 14.0. The third-order valence-corrected chi connectivity index (χ3v) is 9.32. The monoisotopic (exact) mass is 486 g/mol. The van der Waals surface area contributed by atoms with Gasteiger partial charge >= 0.3 is 0 Å². The molecule has 2 fully saturated rings. The summed E-state index contributed by atoms with van der Waals surface area (Å²) in [5.41, 5.74) is 3.41. The number of sulfonamides is 1. The maximum atomic E-state index is 13.1. The normalized spacial score (nSPS) is 25.6. The first-order valence-electron chi connectivity index (χ1n) is 12.5. The Morgan fingerprint density at radius 3 is 2.35 bits per heavy atom. The molecule has 2 aliphatic heterocycles. The minimum absolute atomic E-state index is 0.0541. The number of hydrogen-bond donors (Lipinski definition) is 2. The molecule has 1 aromatic rings. The van der Waals surface area contributed by atoms with E-state index in [0.717, 1.165) is 47.8 Å². The van der Waals surface area contributed by atoms with Gasteiger partial charge < -0.3 is 10.6 Å². The van der Waals surface area contributed by atoms with Gasteiger partial charge in [0.1, 0.15) is 11.4 Å². The van der Waals surface area contributed by atoms with Crippen LogP contribution >= 0.6 is 0 Å². The Kier molecular flexibility index (Phi) is 7.31. The number of carbonyl (C=O) groups is 1. The molecule has 1 amide bonds.